The molecular weight excluding hydrogens is 288 g/mol. The highest BCUT2D eigenvalue weighted by atomic mass is 19.4. The number of rotatable bonds is 2. The number of benzene rings is 1. The molecule has 20 heavy (non-hydrogen) atoms. The summed E-state index contributed by atoms with van der Waals surface area (Å²) < 4.78 is 75.6. The van der Waals surface area contributed by atoms with Gasteiger partial charge in [0.2, 0.25) is 5.91 Å². The van der Waals surface area contributed by atoms with E-state index in [2.05, 4.69) is 5.32 Å². The van der Waals surface area contributed by atoms with Gasteiger partial charge >= 0.3 is 12.4 Å². The van der Waals surface area contributed by atoms with E-state index in [4.69, 9.17) is 0 Å². The van der Waals surface area contributed by atoms with Crippen LogP contribution in [0.1, 0.15) is 36.6 Å². The molecule has 0 heterocycles. The summed E-state index contributed by atoms with van der Waals surface area (Å²) in [5.74, 6) is -0.552. The van der Waals surface area contributed by atoms with Gasteiger partial charge in [0.15, 0.2) is 0 Å². The van der Waals surface area contributed by atoms with Crippen molar-refractivity contribution in [1.82, 2.24) is 5.32 Å². The van der Waals surface area contributed by atoms with Gasteiger partial charge in [-0.05, 0) is 30.7 Å². The molecule has 0 aliphatic heterocycles. The van der Waals surface area contributed by atoms with E-state index in [1.807, 2.05) is 0 Å². The number of hydrogen-bond acceptors (Lipinski definition) is 1. The Bertz CT molecular complexity index is 473. The average molecular weight is 299 g/mol. The van der Waals surface area contributed by atoms with Gasteiger partial charge < -0.3 is 5.32 Å². The minimum Gasteiger partial charge on any atom is -0.350 e. The minimum absolute atomic E-state index is 0.0456. The van der Waals surface area contributed by atoms with Crippen LogP contribution in [0.15, 0.2) is 18.2 Å². The maximum atomic E-state index is 12.6. The number of carbonyl (C=O) groups is 1. The molecule has 0 fully saturated rings. The van der Waals surface area contributed by atoms with Crippen molar-refractivity contribution in [2.24, 2.45) is 0 Å². The molecular formula is C12H11F6NO. The SMILES string of the molecule is CC(=O)N[C@H](C)c1cc(C(F)(F)F)cc(C(F)(F)F)c1. The fourth-order valence-corrected chi connectivity index (χ4v) is 1.62. The lowest BCUT2D eigenvalue weighted by Gasteiger charge is -2.18. The van der Waals surface area contributed by atoms with Crippen molar-refractivity contribution in [3.05, 3.63) is 34.9 Å². The molecule has 0 spiro atoms. The van der Waals surface area contributed by atoms with Gasteiger partial charge in [-0.15, -0.1) is 0 Å². The molecule has 0 aliphatic carbocycles. The largest absolute Gasteiger partial charge is 0.416 e. The van der Waals surface area contributed by atoms with Crippen molar-refractivity contribution in [3.63, 3.8) is 0 Å². The monoisotopic (exact) mass is 299 g/mol. The molecule has 1 atom stereocenters. The molecule has 112 valence electrons. The van der Waals surface area contributed by atoms with Gasteiger partial charge in [0.05, 0.1) is 17.2 Å². The first-order valence-corrected chi connectivity index (χ1v) is 5.47. The van der Waals surface area contributed by atoms with E-state index < -0.39 is 35.4 Å². The smallest absolute Gasteiger partial charge is 0.350 e. The molecule has 0 unspecified atom stereocenters. The maximum Gasteiger partial charge on any atom is 0.416 e. The quantitative estimate of drug-likeness (QED) is 0.824. The number of halogens is 6. The highest BCUT2D eigenvalue weighted by Crippen LogP contribution is 2.37. The zero-order chi connectivity index (χ0) is 15.7. The Kier molecular flexibility index (Phi) is 4.36. The van der Waals surface area contributed by atoms with E-state index in [-0.39, 0.29) is 11.6 Å². The topological polar surface area (TPSA) is 29.1 Å². The van der Waals surface area contributed by atoms with E-state index >= 15 is 0 Å². The Morgan fingerprint density at radius 1 is 1.00 bits per heavy atom. The summed E-state index contributed by atoms with van der Waals surface area (Å²) in [5.41, 5.74) is -3.07. The molecule has 0 saturated heterocycles. The Hall–Kier alpha value is -1.73. The molecule has 0 radical (unpaired) electrons. The van der Waals surface area contributed by atoms with E-state index in [9.17, 15) is 31.1 Å². The van der Waals surface area contributed by atoms with Gasteiger partial charge in [-0.1, -0.05) is 0 Å². The van der Waals surface area contributed by atoms with Crippen LogP contribution in [0.25, 0.3) is 0 Å². The van der Waals surface area contributed by atoms with Gasteiger partial charge in [-0.3, -0.25) is 4.79 Å². The van der Waals surface area contributed by atoms with Crippen LogP contribution in [0, 0.1) is 0 Å². The first-order chi connectivity index (χ1) is 8.91. The normalized spacial score (nSPS) is 14.0. The Balaban J connectivity index is 3.34. The summed E-state index contributed by atoms with van der Waals surface area (Å²) >= 11 is 0. The molecule has 1 amide bonds. The van der Waals surface area contributed by atoms with Crippen LogP contribution >= 0.6 is 0 Å². The summed E-state index contributed by atoms with van der Waals surface area (Å²) in [5, 5.41) is 2.24. The summed E-state index contributed by atoms with van der Waals surface area (Å²) in [6.07, 6.45) is -9.79. The molecule has 0 saturated carbocycles. The molecule has 0 aliphatic rings. The summed E-state index contributed by atoms with van der Waals surface area (Å²) in [7, 11) is 0. The van der Waals surface area contributed by atoms with Gasteiger partial charge in [0.1, 0.15) is 0 Å². The van der Waals surface area contributed by atoms with Gasteiger partial charge in [0, 0.05) is 6.92 Å². The zero-order valence-corrected chi connectivity index (χ0v) is 10.5. The third-order valence-electron chi connectivity index (χ3n) is 2.53. The number of amides is 1. The van der Waals surface area contributed by atoms with Crippen molar-refractivity contribution in [2.75, 3.05) is 0 Å². The predicted molar refractivity (Wildman–Crippen MR) is 58.7 cm³/mol. The van der Waals surface area contributed by atoms with Gasteiger partial charge in [-0.25, -0.2) is 0 Å². The Morgan fingerprint density at radius 2 is 1.40 bits per heavy atom. The second-order valence-electron chi connectivity index (χ2n) is 4.26. The summed E-state index contributed by atoms with van der Waals surface area (Å²) in [6, 6.07) is 0.270. The molecule has 1 aromatic carbocycles. The summed E-state index contributed by atoms with van der Waals surface area (Å²) in [6.45, 7) is 2.42. The van der Waals surface area contributed by atoms with Crippen molar-refractivity contribution in [3.8, 4) is 0 Å². The molecule has 0 bridgehead atoms. The molecule has 0 aromatic heterocycles. The zero-order valence-electron chi connectivity index (χ0n) is 10.5. The van der Waals surface area contributed by atoms with Crippen LogP contribution in [0.4, 0.5) is 26.3 Å². The third-order valence-corrected chi connectivity index (χ3v) is 2.53. The van der Waals surface area contributed by atoms with Crippen LogP contribution in [-0.2, 0) is 17.1 Å². The summed E-state index contributed by atoms with van der Waals surface area (Å²) in [4.78, 5) is 10.8. The fourth-order valence-electron chi connectivity index (χ4n) is 1.62. The molecule has 1 N–H and O–H groups in total. The standard InChI is InChI=1S/C12H11F6NO/c1-6(19-7(2)20)8-3-9(11(13,14)15)5-10(4-8)12(16,17)18/h3-6H,1-2H3,(H,19,20)/t6-/m1/s1. The Labute approximate surface area is 110 Å². The fraction of sp³-hybridized carbons (Fsp3) is 0.417. The van der Waals surface area contributed by atoms with Crippen LogP contribution in [0.5, 0.6) is 0 Å². The van der Waals surface area contributed by atoms with Gasteiger partial charge in [-0.2, -0.15) is 26.3 Å². The third kappa shape index (κ3) is 4.14. The van der Waals surface area contributed by atoms with Crippen LogP contribution in [0.3, 0.4) is 0 Å². The molecule has 8 heteroatoms. The second kappa shape index (κ2) is 5.34. The molecule has 2 nitrogen and oxygen atoms in total. The van der Waals surface area contributed by atoms with E-state index in [1.165, 1.54) is 6.92 Å². The highest BCUT2D eigenvalue weighted by Gasteiger charge is 2.37. The van der Waals surface area contributed by atoms with Crippen molar-refractivity contribution in [1.29, 1.82) is 0 Å². The molecule has 1 rings (SSSR count). The predicted octanol–water partition coefficient (Wildman–Crippen LogP) is 3.92. The lowest BCUT2D eigenvalue weighted by Crippen LogP contribution is -2.24. The van der Waals surface area contributed by atoms with Crippen LogP contribution in [-0.4, -0.2) is 5.91 Å². The first-order valence-electron chi connectivity index (χ1n) is 5.47. The Morgan fingerprint density at radius 3 is 1.70 bits per heavy atom. The lowest BCUT2D eigenvalue weighted by atomic mass is 10.0. The van der Waals surface area contributed by atoms with E-state index in [0.717, 1.165) is 6.92 Å². The van der Waals surface area contributed by atoms with Crippen LogP contribution < -0.4 is 5.32 Å². The van der Waals surface area contributed by atoms with Gasteiger partial charge in [0.25, 0.3) is 0 Å². The number of nitrogens with one attached hydrogen (secondary N) is 1. The average Bonchev–Trinajstić information content (AvgIpc) is 2.25. The molecule has 1 aromatic rings. The van der Waals surface area contributed by atoms with Crippen molar-refractivity contribution in [2.45, 2.75) is 32.2 Å². The number of hydrogen-bond donors (Lipinski definition) is 1. The lowest BCUT2D eigenvalue weighted by molar-refractivity contribution is -0.143. The maximum absolute atomic E-state index is 12.6. The van der Waals surface area contributed by atoms with E-state index in [1.54, 1.807) is 0 Å². The number of carbonyl (C=O) groups excluding carboxylic acids is 1. The second-order valence-corrected chi connectivity index (χ2v) is 4.26. The van der Waals surface area contributed by atoms with Crippen molar-refractivity contribution < 1.29 is 31.1 Å². The highest BCUT2D eigenvalue weighted by molar-refractivity contribution is 5.73. The number of alkyl halides is 6. The van der Waals surface area contributed by atoms with E-state index in [0.29, 0.717) is 12.1 Å². The minimum atomic E-state index is -4.90. The van der Waals surface area contributed by atoms with Crippen molar-refractivity contribution >= 4 is 5.91 Å². The first kappa shape index (κ1) is 16.3. The van der Waals surface area contributed by atoms with Crippen LogP contribution in [0.2, 0.25) is 0 Å².